The van der Waals surface area contributed by atoms with Crippen molar-refractivity contribution in [1.29, 1.82) is 0 Å². The molecule has 1 nitrogen and oxygen atoms in total. The second kappa shape index (κ2) is 13.2. The number of aliphatic hydroxyl groups excluding tert-OH is 1. The number of hydrogen-bond acceptors (Lipinski definition) is 1. The summed E-state index contributed by atoms with van der Waals surface area (Å²) in [6.45, 7) is 10.2. The summed E-state index contributed by atoms with van der Waals surface area (Å²) in [4.78, 5) is 0. The minimum Gasteiger partial charge on any atom is -0.393 e. The molecule has 1 unspecified atom stereocenters. The zero-order chi connectivity index (χ0) is 15.2. The Morgan fingerprint density at radius 1 is 1.20 bits per heavy atom. The van der Waals surface area contributed by atoms with Crippen molar-refractivity contribution in [3.8, 4) is 0 Å². The first-order chi connectivity index (χ1) is 9.61. The molecule has 1 heteroatoms. The lowest BCUT2D eigenvalue weighted by Crippen LogP contribution is -2.03. The van der Waals surface area contributed by atoms with E-state index in [0.717, 1.165) is 12.8 Å². The third-order valence-corrected chi connectivity index (χ3v) is 3.60. The van der Waals surface area contributed by atoms with Crippen molar-refractivity contribution in [3.63, 3.8) is 0 Å². The molecule has 116 valence electrons. The number of unbranched alkanes of at least 4 members (excludes halogenated alkanes) is 4. The van der Waals surface area contributed by atoms with E-state index in [9.17, 15) is 5.11 Å². The van der Waals surface area contributed by atoms with Crippen LogP contribution in [0.3, 0.4) is 0 Å². The van der Waals surface area contributed by atoms with Crippen LogP contribution < -0.4 is 0 Å². The average molecular weight is 278 g/mol. The first-order valence-corrected chi connectivity index (χ1v) is 8.32. The van der Waals surface area contributed by atoms with Gasteiger partial charge in [-0.3, -0.25) is 0 Å². The third-order valence-electron chi connectivity index (χ3n) is 3.60. The molecular formula is C19H34O. The third kappa shape index (κ3) is 11.0. The van der Waals surface area contributed by atoms with E-state index in [1.54, 1.807) is 0 Å². The average Bonchev–Trinajstić information content (AvgIpc) is 2.48. The van der Waals surface area contributed by atoms with Gasteiger partial charge in [-0.1, -0.05) is 76.3 Å². The van der Waals surface area contributed by atoms with Crippen LogP contribution in [0.25, 0.3) is 0 Å². The van der Waals surface area contributed by atoms with Crippen molar-refractivity contribution >= 4 is 0 Å². The summed E-state index contributed by atoms with van der Waals surface area (Å²) in [5, 5.41) is 9.21. The molecule has 0 aromatic carbocycles. The van der Waals surface area contributed by atoms with Crippen LogP contribution in [-0.2, 0) is 0 Å². The minimum absolute atomic E-state index is 0.0448. The first-order valence-electron chi connectivity index (χ1n) is 8.32. The molecule has 0 amide bonds. The van der Waals surface area contributed by atoms with E-state index in [2.05, 4.69) is 31.7 Å². The summed E-state index contributed by atoms with van der Waals surface area (Å²) < 4.78 is 0. The Labute approximate surface area is 126 Å². The molecule has 0 radical (unpaired) electrons. The van der Waals surface area contributed by atoms with Gasteiger partial charge in [-0.2, -0.15) is 0 Å². The number of hydrogen-bond donors (Lipinski definition) is 1. The van der Waals surface area contributed by atoms with Gasteiger partial charge in [0.2, 0.25) is 0 Å². The maximum absolute atomic E-state index is 9.21. The van der Waals surface area contributed by atoms with E-state index >= 15 is 0 Å². The van der Waals surface area contributed by atoms with Gasteiger partial charge in [-0.25, -0.2) is 0 Å². The maximum Gasteiger partial charge on any atom is 0.0537 e. The molecule has 1 N–H and O–H groups in total. The molecule has 0 aromatic heterocycles. The number of rotatable bonds is 8. The zero-order valence-corrected chi connectivity index (χ0v) is 13.8. The molecule has 0 aromatic rings. The smallest absolute Gasteiger partial charge is 0.0537 e. The Hall–Kier alpha value is -0.820. The van der Waals surface area contributed by atoms with Gasteiger partial charge in [-0.05, 0) is 38.2 Å². The number of aliphatic hydroxyl groups is 1. The van der Waals surface area contributed by atoms with Gasteiger partial charge in [0.05, 0.1) is 6.10 Å². The molecule has 0 saturated carbocycles. The highest BCUT2D eigenvalue weighted by molar-refractivity contribution is 5.37. The minimum atomic E-state index is -0.0448. The maximum atomic E-state index is 9.21. The molecule has 1 aliphatic rings. The van der Waals surface area contributed by atoms with Crippen LogP contribution in [0, 0.1) is 0 Å². The van der Waals surface area contributed by atoms with Gasteiger partial charge >= 0.3 is 0 Å². The first kappa shape index (κ1) is 19.2. The van der Waals surface area contributed by atoms with Crippen LogP contribution >= 0.6 is 0 Å². The highest BCUT2D eigenvalue weighted by Gasteiger charge is 1.98. The van der Waals surface area contributed by atoms with Gasteiger partial charge in [0, 0.05) is 0 Å². The Kier molecular flexibility index (Phi) is 12.6. The Morgan fingerprint density at radius 3 is 2.35 bits per heavy atom. The van der Waals surface area contributed by atoms with Crippen LogP contribution in [0.1, 0.15) is 78.6 Å². The second-order valence-corrected chi connectivity index (χ2v) is 5.68. The summed E-state index contributed by atoms with van der Waals surface area (Å²) in [5.74, 6) is 0. The molecule has 1 rings (SSSR count). The molecule has 0 fully saturated rings. The van der Waals surface area contributed by atoms with Crippen molar-refractivity contribution in [2.45, 2.75) is 84.7 Å². The summed E-state index contributed by atoms with van der Waals surface area (Å²) in [7, 11) is 0. The predicted octanol–water partition coefficient (Wildman–Crippen LogP) is 5.96. The van der Waals surface area contributed by atoms with E-state index in [1.165, 1.54) is 56.1 Å². The monoisotopic (exact) mass is 278 g/mol. The fourth-order valence-electron chi connectivity index (χ4n) is 2.12. The Balaban J connectivity index is 0.000000367. The Bertz CT molecular complexity index is 299. The lowest BCUT2D eigenvalue weighted by Gasteiger charge is -2.05. The highest BCUT2D eigenvalue weighted by atomic mass is 16.3. The van der Waals surface area contributed by atoms with Crippen molar-refractivity contribution in [1.82, 2.24) is 0 Å². The van der Waals surface area contributed by atoms with Crippen LogP contribution in [0.4, 0.5) is 0 Å². The lowest BCUT2D eigenvalue weighted by molar-refractivity contribution is 0.156. The highest BCUT2D eigenvalue weighted by Crippen LogP contribution is 2.15. The lowest BCUT2D eigenvalue weighted by atomic mass is 10.0. The zero-order valence-electron chi connectivity index (χ0n) is 13.8. The van der Waals surface area contributed by atoms with Gasteiger partial charge in [-0.15, -0.1) is 0 Å². The quantitative estimate of drug-likeness (QED) is 0.543. The second-order valence-electron chi connectivity index (χ2n) is 5.68. The van der Waals surface area contributed by atoms with E-state index in [0.29, 0.717) is 0 Å². The van der Waals surface area contributed by atoms with Crippen molar-refractivity contribution < 1.29 is 5.11 Å². The van der Waals surface area contributed by atoms with Crippen molar-refractivity contribution in [2.24, 2.45) is 0 Å². The van der Waals surface area contributed by atoms with Gasteiger partial charge in [0.1, 0.15) is 0 Å². The van der Waals surface area contributed by atoms with E-state index in [-0.39, 0.29) is 6.10 Å². The standard InChI is InChI=1S/C10H22O.C9H12/c1-3-5-6-7-8-9-10(11)4-2;1-8(2)9-6-4-3-5-7-9/h10-11H,3-9H2,1-2H3;4,6-7H,1,3,5H2,2H3. The van der Waals surface area contributed by atoms with Gasteiger partial charge in [0.15, 0.2) is 0 Å². The fourth-order valence-corrected chi connectivity index (χ4v) is 2.12. The van der Waals surface area contributed by atoms with Crippen LogP contribution in [0.5, 0.6) is 0 Å². The van der Waals surface area contributed by atoms with Gasteiger partial charge < -0.3 is 5.11 Å². The summed E-state index contributed by atoms with van der Waals surface area (Å²) in [6.07, 6.45) is 17.3. The normalized spacial score (nSPS) is 15.1. The van der Waals surface area contributed by atoms with Gasteiger partial charge in [0.25, 0.3) is 0 Å². The molecule has 0 bridgehead atoms. The molecule has 0 aliphatic heterocycles. The Morgan fingerprint density at radius 2 is 1.90 bits per heavy atom. The van der Waals surface area contributed by atoms with E-state index in [4.69, 9.17) is 0 Å². The predicted molar refractivity (Wildman–Crippen MR) is 90.9 cm³/mol. The largest absolute Gasteiger partial charge is 0.393 e. The molecule has 1 atom stereocenters. The topological polar surface area (TPSA) is 20.2 Å². The van der Waals surface area contributed by atoms with Crippen LogP contribution in [-0.4, -0.2) is 11.2 Å². The number of allylic oxidation sites excluding steroid dienone is 5. The summed E-state index contributed by atoms with van der Waals surface area (Å²) in [5.41, 5.74) is 2.48. The van der Waals surface area contributed by atoms with E-state index in [1.807, 2.05) is 13.8 Å². The molecule has 0 spiro atoms. The van der Waals surface area contributed by atoms with Crippen molar-refractivity contribution in [2.75, 3.05) is 0 Å². The van der Waals surface area contributed by atoms with Crippen LogP contribution in [0.15, 0.2) is 36.0 Å². The molecule has 20 heavy (non-hydrogen) atoms. The fraction of sp³-hybridized carbons (Fsp3) is 0.684. The summed E-state index contributed by atoms with van der Waals surface area (Å²) in [6, 6.07) is 0. The molecule has 0 saturated heterocycles. The molecular weight excluding hydrogens is 244 g/mol. The van der Waals surface area contributed by atoms with Crippen molar-refractivity contribution in [3.05, 3.63) is 36.0 Å². The van der Waals surface area contributed by atoms with Crippen LogP contribution in [0.2, 0.25) is 0 Å². The van der Waals surface area contributed by atoms with E-state index < -0.39 is 0 Å². The molecule has 1 aliphatic carbocycles. The molecule has 0 heterocycles. The summed E-state index contributed by atoms with van der Waals surface area (Å²) >= 11 is 0. The SMILES string of the molecule is C=C(C)C1=CCCC=C1.CCCCCCCC(O)CC.